The van der Waals surface area contributed by atoms with E-state index in [4.69, 9.17) is 10.2 Å². The van der Waals surface area contributed by atoms with E-state index in [1.165, 1.54) is 0 Å². The van der Waals surface area contributed by atoms with E-state index in [1.54, 1.807) is 6.20 Å². The zero-order valence-corrected chi connectivity index (χ0v) is 6.55. The highest BCUT2D eigenvalue weighted by Gasteiger charge is 2.03. The van der Waals surface area contributed by atoms with Crippen LogP contribution in [0.3, 0.4) is 0 Å². The summed E-state index contributed by atoms with van der Waals surface area (Å²) in [4.78, 5) is 4.29. The van der Waals surface area contributed by atoms with Crippen LogP contribution in [0.2, 0.25) is 0 Å². The Morgan fingerprint density at radius 1 is 1.89 bits per heavy atom. The summed E-state index contributed by atoms with van der Waals surface area (Å²) in [6.07, 6.45) is 1.61. The highest BCUT2D eigenvalue weighted by Crippen LogP contribution is 2.14. The molecule has 9 heavy (non-hydrogen) atoms. The Morgan fingerprint density at radius 3 is 2.78 bits per heavy atom. The number of halogens is 1. The minimum absolute atomic E-state index is 0.0798. The van der Waals surface area contributed by atoms with Gasteiger partial charge in [0.1, 0.15) is 5.76 Å². The molecule has 0 fully saturated rings. The standard InChI is InChI=1S/C5H7BrN2O/c1-3(7)4-2-8-5(6)9-4/h2-3H,7H2,1H3. The minimum Gasteiger partial charge on any atom is -0.435 e. The molecule has 4 heteroatoms. The number of hydrogen-bond donors (Lipinski definition) is 1. The average molecular weight is 191 g/mol. The van der Waals surface area contributed by atoms with Crippen molar-refractivity contribution in [3.8, 4) is 0 Å². The van der Waals surface area contributed by atoms with Gasteiger partial charge in [0.25, 0.3) is 4.80 Å². The van der Waals surface area contributed by atoms with Crippen LogP contribution < -0.4 is 5.73 Å². The van der Waals surface area contributed by atoms with Gasteiger partial charge in [-0.15, -0.1) is 0 Å². The summed E-state index contributed by atoms with van der Waals surface area (Å²) < 4.78 is 5.03. The van der Waals surface area contributed by atoms with Crippen LogP contribution in [0.15, 0.2) is 15.4 Å². The van der Waals surface area contributed by atoms with E-state index in [-0.39, 0.29) is 6.04 Å². The van der Waals surface area contributed by atoms with Crippen LogP contribution in [-0.2, 0) is 0 Å². The molecular weight excluding hydrogens is 184 g/mol. The summed E-state index contributed by atoms with van der Waals surface area (Å²) in [6, 6.07) is -0.0798. The summed E-state index contributed by atoms with van der Waals surface area (Å²) in [5, 5.41) is 0. The number of oxazole rings is 1. The number of rotatable bonds is 1. The summed E-state index contributed by atoms with van der Waals surface area (Å²) in [7, 11) is 0. The van der Waals surface area contributed by atoms with Crippen LogP contribution in [0.5, 0.6) is 0 Å². The topological polar surface area (TPSA) is 52.0 Å². The minimum atomic E-state index is -0.0798. The average Bonchev–Trinajstić information content (AvgIpc) is 2.14. The Bertz CT molecular complexity index is 197. The summed E-state index contributed by atoms with van der Waals surface area (Å²) in [5.41, 5.74) is 5.47. The second kappa shape index (κ2) is 2.49. The molecule has 0 aromatic carbocycles. The van der Waals surface area contributed by atoms with Crippen molar-refractivity contribution < 1.29 is 4.42 Å². The molecule has 1 aromatic heterocycles. The van der Waals surface area contributed by atoms with Crippen LogP contribution in [0.1, 0.15) is 18.7 Å². The predicted molar refractivity (Wildman–Crippen MR) is 36.8 cm³/mol. The van der Waals surface area contributed by atoms with Gasteiger partial charge < -0.3 is 10.2 Å². The van der Waals surface area contributed by atoms with Crippen LogP contribution in [0, 0.1) is 0 Å². The fourth-order valence-corrected chi connectivity index (χ4v) is 0.764. The molecule has 0 saturated carbocycles. The molecule has 0 spiro atoms. The summed E-state index contributed by atoms with van der Waals surface area (Å²) in [6.45, 7) is 1.84. The first-order chi connectivity index (χ1) is 4.20. The molecule has 50 valence electrons. The van der Waals surface area contributed by atoms with Gasteiger partial charge in [0.05, 0.1) is 12.2 Å². The normalized spacial score (nSPS) is 13.7. The zero-order valence-electron chi connectivity index (χ0n) is 4.97. The largest absolute Gasteiger partial charge is 0.435 e. The van der Waals surface area contributed by atoms with Crippen molar-refractivity contribution in [2.45, 2.75) is 13.0 Å². The molecule has 3 nitrogen and oxygen atoms in total. The van der Waals surface area contributed by atoms with E-state index in [1.807, 2.05) is 6.92 Å². The second-order valence-corrected chi connectivity index (χ2v) is 2.48. The lowest BCUT2D eigenvalue weighted by molar-refractivity contribution is 0.455. The lowest BCUT2D eigenvalue weighted by atomic mass is 10.3. The van der Waals surface area contributed by atoms with Gasteiger partial charge in [-0.1, -0.05) is 0 Å². The van der Waals surface area contributed by atoms with Gasteiger partial charge in [-0.05, 0) is 6.92 Å². The van der Waals surface area contributed by atoms with Crippen LogP contribution in [0.4, 0.5) is 0 Å². The predicted octanol–water partition coefficient (Wildman–Crippen LogP) is 1.46. The van der Waals surface area contributed by atoms with Gasteiger partial charge in [0, 0.05) is 15.9 Å². The maximum atomic E-state index is 5.47. The Kier molecular flexibility index (Phi) is 1.87. The van der Waals surface area contributed by atoms with Crippen molar-refractivity contribution in [3.63, 3.8) is 0 Å². The van der Waals surface area contributed by atoms with Crippen molar-refractivity contribution in [3.05, 3.63) is 16.8 Å². The van der Waals surface area contributed by atoms with Gasteiger partial charge in [-0.25, -0.2) is 4.98 Å². The first-order valence-electron chi connectivity index (χ1n) is 2.57. The van der Waals surface area contributed by atoms with E-state index in [0.29, 0.717) is 10.6 Å². The highest BCUT2D eigenvalue weighted by atomic mass is 79.9. The van der Waals surface area contributed by atoms with Gasteiger partial charge in [-0.3, -0.25) is 0 Å². The summed E-state index contributed by atoms with van der Waals surface area (Å²) in [5.74, 6) is 0.696. The van der Waals surface area contributed by atoms with Crippen LogP contribution in [-0.4, -0.2) is 4.98 Å². The molecule has 0 aliphatic carbocycles. The highest BCUT2D eigenvalue weighted by molar-refractivity contribution is 9.10. The fourth-order valence-electron chi connectivity index (χ4n) is 0.475. The van der Waals surface area contributed by atoms with Crippen molar-refractivity contribution in [2.24, 2.45) is 5.73 Å². The maximum Gasteiger partial charge on any atom is 0.264 e. The smallest absolute Gasteiger partial charge is 0.264 e. The molecule has 0 radical (unpaired) electrons. The third kappa shape index (κ3) is 1.53. The van der Waals surface area contributed by atoms with Crippen molar-refractivity contribution in [1.82, 2.24) is 4.98 Å². The molecule has 0 amide bonds. The molecule has 2 N–H and O–H groups in total. The van der Waals surface area contributed by atoms with Crippen LogP contribution >= 0.6 is 15.9 Å². The molecule has 1 aromatic rings. The van der Waals surface area contributed by atoms with E-state index < -0.39 is 0 Å². The van der Waals surface area contributed by atoms with Crippen molar-refractivity contribution in [1.29, 1.82) is 0 Å². The molecule has 0 saturated heterocycles. The maximum absolute atomic E-state index is 5.47. The molecule has 0 aliphatic heterocycles. The van der Waals surface area contributed by atoms with E-state index >= 15 is 0 Å². The lowest BCUT2D eigenvalue weighted by Crippen LogP contribution is -2.02. The number of nitrogens with two attached hydrogens (primary N) is 1. The monoisotopic (exact) mass is 190 g/mol. The number of hydrogen-bond acceptors (Lipinski definition) is 3. The molecule has 1 unspecified atom stereocenters. The number of aromatic nitrogens is 1. The van der Waals surface area contributed by atoms with E-state index in [2.05, 4.69) is 20.9 Å². The SMILES string of the molecule is CC(N)c1cnc(Br)o1. The molecular formula is C5H7BrN2O. The Balaban J connectivity index is 2.85. The van der Waals surface area contributed by atoms with E-state index in [9.17, 15) is 0 Å². The Morgan fingerprint density at radius 2 is 2.56 bits per heavy atom. The molecule has 1 atom stereocenters. The zero-order chi connectivity index (χ0) is 6.85. The van der Waals surface area contributed by atoms with Crippen molar-refractivity contribution >= 4 is 15.9 Å². The second-order valence-electron chi connectivity index (χ2n) is 1.80. The van der Waals surface area contributed by atoms with Gasteiger partial charge in [-0.2, -0.15) is 0 Å². The van der Waals surface area contributed by atoms with Crippen molar-refractivity contribution in [2.75, 3.05) is 0 Å². The first kappa shape index (κ1) is 6.77. The molecule has 1 rings (SSSR count). The lowest BCUT2D eigenvalue weighted by Gasteiger charge is -1.94. The number of nitrogens with zero attached hydrogens (tertiary/aromatic N) is 1. The molecule has 0 aliphatic rings. The quantitative estimate of drug-likeness (QED) is 0.730. The molecule has 1 heterocycles. The third-order valence-corrected chi connectivity index (χ3v) is 1.31. The fraction of sp³-hybridized carbons (Fsp3) is 0.400. The third-order valence-electron chi connectivity index (χ3n) is 0.944. The summed E-state index contributed by atoms with van der Waals surface area (Å²) >= 11 is 3.07. The Labute approximate surface area is 61.4 Å². The van der Waals surface area contributed by atoms with Gasteiger partial charge in [0.2, 0.25) is 0 Å². The van der Waals surface area contributed by atoms with E-state index in [0.717, 1.165) is 0 Å². The van der Waals surface area contributed by atoms with Gasteiger partial charge in [0.15, 0.2) is 0 Å². The molecule has 0 bridgehead atoms. The van der Waals surface area contributed by atoms with Crippen LogP contribution in [0.25, 0.3) is 0 Å². The Hall–Kier alpha value is -0.350. The first-order valence-corrected chi connectivity index (χ1v) is 3.36. The van der Waals surface area contributed by atoms with Gasteiger partial charge >= 0.3 is 0 Å².